The maximum Gasteiger partial charge on any atom is 0.130 e. The van der Waals surface area contributed by atoms with E-state index in [1.807, 2.05) is 31.2 Å². The van der Waals surface area contributed by atoms with Crippen molar-refractivity contribution in [2.75, 3.05) is 6.61 Å². The number of nitrogens with zero attached hydrogens (tertiary/aromatic N) is 1. The van der Waals surface area contributed by atoms with E-state index < -0.39 is 0 Å². The van der Waals surface area contributed by atoms with Gasteiger partial charge in [-0.1, -0.05) is 30.4 Å². The summed E-state index contributed by atoms with van der Waals surface area (Å²) < 4.78 is 6.31. The quantitative estimate of drug-likeness (QED) is 0.797. The number of aryl methyl sites for hydroxylation is 1. The first kappa shape index (κ1) is 11.4. The summed E-state index contributed by atoms with van der Waals surface area (Å²) in [4.78, 5) is 7.79. The molecule has 1 atom stereocenters. The molecular formula is C14H14N2OS. The molecule has 1 aliphatic heterocycles. The van der Waals surface area contributed by atoms with Gasteiger partial charge in [0, 0.05) is 17.2 Å². The summed E-state index contributed by atoms with van der Waals surface area (Å²) in [5, 5.41) is 0. The minimum absolute atomic E-state index is 0.247. The second-order valence-corrected chi connectivity index (χ2v) is 4.93. The Labute approximate surface area is 111 Å². The molecule has 0 saturated heterocycles. The molecule has 0 spiro atoms. The molecule has 0 aliphatic carbocycles. The number of H-pyrrole nitrogens is 1. The lowest BCUT2D eigenvalue weighted by molar-refractivity contribution is 0.274. The lowest BCUT2D eigenvalue weighted by Crippen LogP contribution is -2.17. The highest BCUT2D eigenvalue weighted by molar-refractivity contribution is 7.71. The van der Waals surface area contributed by atoms with Crippen LogP contribution in [0.5, 0.6) is 5.75 Å². The number of hydrogen-bond acceptors (Lipinski definition) is 3. The van der Waals surface area contributed by atoms with Gasteiger partial charge in [0.15, 0.2) is 0 Å². The Balaban J connectivity index is 2.11. The largest absolute Gasteiger partial charge is 0.493 e. The zero-order chi connectivity index (χ0) is 12.5. The predicted molar refractivity (Wildman–Crippen MR) is 72.6 cm³/mol. The first-order valence-corrected chi connectivity index (χ1v) is 6.44. The fourth-order valence-electron chi connectivity index (χ4n) is 2.39. The number of para-hydroxylation sites is 1. The first-order valence-electron chi connectivity index (χ1n) is 6.03. The molecule has 1 aromatic heterocycles. The van der Waals surface area contributed by atoms with Gasteiger partial charge in [0.05, 0.1) is 6.61 Å². The van der Waals surface area contributed by atoms with E-state index in [2.05, 4.69) is 16.0 Å². The van der Waals surface area contributed by atoms with Crippen molar-refractivity contribution in [1.29, 1.82) is 0 Å². The van der Waals surface area contributed by atoms with Crippen molar-refractivity contribution in [3.8, 4) is 5.75 Å². The van der Waals surface area contributed by atoms with Crippen LogP contribution in [0, 0.1) is 11.6 Å². The Bertz CT molecular complexity index is 636. The number of rotatable bonds is 1. The number of nitrogens with one attached hydrogen (secondary N) is 1. The van der Waals surface area contributed by atoms with Crippen LogP contribution in [0.15, 0.2) is 30.3 Å². The van der Waals surface area contributed by atoms with Gasteiger partial charge in [0.25, 0.3) is 0 Å². The Kier molecular flexibility index (Phi) is 2.88. The minimum atomic E-state index is 0.247. The Hall–Kier alpha value is -1.68. The number of hydrogen-bond donors (Lipinski definition) is 1. The van der Waals surface area contributed by atoms with Crippen LogP contribution in [0.3, 0.4) is 0 Å². The van der Waals surface area contributed by atoms with Crippen LogP contribution in [0.4, 0.5) is 0 Å². The van der Waals surface area contributed by atoms with E-state index in [1.165, 1.54) is 5.56 Å². The molecule has 1 aromatic carbocycles. The van der Waals surface area contributed by atoms with E-state index in [1.54, 1.807) is 0 Å². The number of aromatic amines is 1. The summed E-state index contributed by atoms with van der Waals surface area (Å²) in [6.07, 6.45) is 0.929. The van der Waals surface area contributed by atoms with Crippen LogP contribution in [0.1, 0.15) is 29.4 Å². The zero-order valence-corrected chi connectivity index (χ0v) is 11.0. The molecule has 0 saturated carbocycles. The van der Waals surface area contributed by atoms with Gasteiger partial charge in [-0.3, -0.25) is 0 Å². The van der Waals surface area contributed by atoms with Crippen molar-refractivity contribution in [2.45, 2.75) is 19.3 Å². The molecule has 0 amide bonds. The molecule has 3 nitrogen and oxygen atoms in total. The van der Waals surface area contributed by atoms with E-state index in [9.17, 15) is 0 Å². The molecule has 0 fully saturated rings. The SMILES string of the molecule is Cc1cc(=S)nc(C2CCOc3ccccc32)[nH]1. The number of aromatic nitrogens is 2. The molecule has 4 heteroatoms. The van der Waals surface area contributed by atoms with Gasteiger partial charge < -0.3 is 9.72 Å². The third kappa shape index (κ3) is 2.04. The lowest BCUT2D eigenvalue weighted by atomic mass is 9.92. The molecule has 3 rings (SSSR count). The van der Waals surface area contributed by atoms with E-state index in [0.717, 1.165) is 30.3 Å². The lowest BCUT2D eigenvalue weighted by Gasteiger charge is -2.25. The highest BCUT2D eigenvalue weighted by Crippen LogP contribution is 2.36. The second-order valence-electron chi connectivity index (χ2n) is 4.52. The third-order valence-electron chi connectivity index (χ3n) is 3.18. The second kappa shape index (κ2) is 4.53. The minimum Gasteiger partial charge on any atom is -0.493 e. The van der Waals surface area contributed by atoms with E-state index >= 15 is 0 Å². The molecule has 2 aromatic rings. The van der Waals surface area contributed by atoms with Crippen LogP contribution in [-0.2, 0) is 0 Å². The first-order chi connectivity index (χ1) is 8.74. The fraction of sp³-hybridized carbons (Fsp3) is 0.286. The topological polar surface area (TPSA) is 37.9 Å². The van der Waals surface area contributed by atoms with E-state index in [0.29, 0.717) is 4.64 Å². The van der Waals surface area contributed by atoms with Crippen LogP contribution in [0.2, 0.25) is 0 Å². The van der Waals surface area contributed by atoms with Crippen molar-refractivity contribution < 1.29 is 4.74 Å². The summed E-state index contributed by atoms with van der Waals surface area (Å²) in [5.74, 6) is 2.14. The number of benzene rings is 1. The van der Waals surface area contributed by atoms with Gasteiger partial charge in [0.1, 0.15) is 16.2 Å². The highest BCUT2D eigenvalue weighted by Gasteiger charge is 2.24. The number of fused-ring (bicyclic) bond motifs is 1. The van der Waals surface area contributed by atoms with Crippen LogP contribution in [-0.4, -0.2) is 16.6 Å². The average Bonchev–Trinajstić information content (AvgIpc) is 2.37. The molecule has 1 unspecified atom stereocenters. The molecular weight excluding hydrogens is 244 g/mol. The summed E-state index contributed by atoms with van der Waals surface area (Å²) in [5.41, 5.74) is 2.24. The molecule has 92 valence electrons. The molecule has 1 N–H and O–H groups in total. The molecule has 0 radical (unpaired) electrons. The van der Waals surface area contributed by atoms with Crippen LogP contribution in [0.25, 0.3) is 0 Å². The summed E-state index contributed by atoms with van der Waals surface area (Å²) in [7, 11) is 0. The van der Waals surface area contributed by atoms with Gasteiger partial charge in [-0.2, -0.15) is 0 Å². The summed E-state index contributed by atoms with van der Waals surface area (Å²) >= 11 is 5.19. The van der Waals surface area contributed by atoms with Crippen LogP contribution >= 0.6 is 12.2 Å². The molecule has 1 aliphatic rings. The monoisotopic (exact) mass is 258 g/mol. The molecule has 0 bridgehead atoms. The molecule has 18 heavy (non-hydrogen) atoms. The maximum atomic E-state index is 5.67. The Morgan fingerprint density at radius 1 is 1.39 bits per heavy atom. The fourth-order valence-corrected chi connectivity index (χ4v) is 2.67. The Morgan fingerprint density at radius 3 is 3.06 bits per heavy atom. The van der Waals surface area contributed by atoms with Gasteiger partial charge in [-0.15, -0.1) is 0 Å². The third-order valence-corrected chi connectivity index (χ3v) is 3.39. The van der Waals surface area contributed by atoms with Gasteiger partial charge >= 0.3 is 0 Å². The van der Waals surface area contributed by atoms with Gasteiger partial charge in [-0.25, -0.2) is 4.98 Å². The van der Waals surface area contributed by atoms with Crippen molar-refractivity contribution in [2.24, 2.45) is 0 Å². The highest BCUT2D eigenvalue weighted by atomic mass is 32.1. The number of ether oxygens (including phenoxy) is 1. The van der Waals surface area contributed by atoms with Crippen molar-refractivity contribution in [1.82, 2.24) is 9.97 Å². The summed E-state index contributed by atoms with van der Waals surface area (Å²) in [6, 6.07) is 10.0. The van der Waals surface area contributed by atoms with Crippen molar-refractivity contribution >= 4 is 12.2 Å². The normalized spacial score (nSPS) is 17.9. The van der Waals surface area contributed by atoms with E-state index in [4.69, 9.17) is 17.0 Å². The average molecular weight is 258 g/mol. The zero-order valence-electron chi connectivity index (χ0n) is 10.1. The van der Waals surface area contributed by atoms with Gasteiger partial charge in [-0.05, 0) is 25.5 Å². The van der Waals surface area contributed by atoms with Crippen molar-refractivity contribution in [3.05, 3.63) is 52.1 Å². The van der Waals surface area contributed by atoms with Crippen molar-refractivity contribution in [3.63, 3.8) is 0 Å². The Morgan fingerprint density at radius 2 is 2.22 bits per heavy atom. The van der Waals surface area contributed by atoms with Gasteiger partial charge in [0.2, 0.25) is 0 Å². The predicted octanol–water partition coefficient (Wildman–Crippen LogP) is 3.36. The molecule has 2 heterocycles. The van der Waals surface area contributed by atoms with Crippen LogP contribution < -0.4 is 4.74 Å². The smallest absolute Gasteiger partial charge is 0.130 e. The summed E-state index contributed by atoms with van der Waals surface area (Å²) in [6.45, 7) is 2.73. The standard InChI is InChI=1S/C14H14N2OS/c1-9-8-13(18)16-14(15-9)11-6-7-17-12-5-3-2-4-10(11)12/h2-5,8,11H,6-7H2,1H3,(H,15,16,18). The van der Waals surface area contributed by atoms with E-state index in [-0.39, 0.29) is 5.92 Å². The maximum absolute atomic E-state index is 5.67.